The molecule has 0 bridgehead atoms. The minimum absolute atomic E-state index is 0.859. The minimum Gasteiger partial charge on any atom is -0.160 e. The molecule has 23 heavy (non-hydrogen) atoms. The van der Waals surface area contributed by atoms with Crippen molar-refractivity contribution in [3.8, 4) is 0 Å². The maximum absolute atomic E-state index is 2.34. The Bertz CT molecular complexity index is 298. The maximum atomic E-state index is 2.34. The van der Waals surface area contributed by atoms with Gasteiger partial charge in [-0.15, -0.1) is 47.0 Å². The number of hydrogen-bond acceptors (Lipinski definition) is 8. The lowest BCUT2D eigenvalue weighted by Gasteiger charge is -2.37. The molecular weight excluding hydrogens is 437 g/mol. The van der Waals surface area contributed by atoms with Crippen molar-refractivity contribution in [2.45, 2.75) is 36.6 Å². The molecule has 0 saturated carbocycles. The molecule has 0 nitrogen and oxygen atoms in total. The van der Waals surface area contributed by atoms with Gasteiger partial charge in [-0.05, 0) is 6.42 Å². The lowest BCUT2D eigenvalue weighted by atomic mass is 10.5. The highest BCUT2D eigenvalue weighted by atomic mass is 32.2. The Morgan fingerprint density at radius 1 is 0.522 bits per heavy atom. The molecule has 4 aliphatic heterocycles. The monoisotopic (exact) mass is 460 g/mol. The lowest BCUT2D eigenvalue weighted by Crippen LogP contribution is -2.31. The van der Waals surface area contributed by atoms with Gasteiger partial charge in [-0.1, -0.05) is 0 Å². The van der Waals surface area contributed by atoms with E-state index in [1.807, 2.05) is 0 Å². The Morgan fingerprint density at radius 2 is 0.783 bits per heavy atom. The largest absolute Gasteiger partial charge is 0.160 e. The zero-order valence-electron chi connectivity index (χ0n) is 13.1. The normalized spacial score (nSPS) is 26.9. The highest BCUT2D eigenvalue weighted by Gasteiger charge is 2.34. The van der Waals surface area contributed by atoms with Gasteiger partial charge in [0, 0.05) is 67.0 Å². The number of hydrogen-bond donors (Lipinski definition) is 0. The molecule has 8 heteroatoms. The number of rotatable bonds is 10. The van der Waals surface area contributed by atoms with Crippen LogP contribution in [0.1, 0.15) is 6.42 Å². The van der Waals surface area contributed by atoms with E-state index in [1.165, 1.54) is 52.4 Å². The third kappa shape index (κ3) is 5.89. The molecule has 4 saturated heterocycles. The van der Waals surface area contributed by atoms with Crippen molar-refractivity contribution in [1.29, 1.82) is 0 Å². The smallest absolute Gasteiger partial charge is 0.0527 e. The second-order valence-corrected chi connectivity index (χ2v) is 17.2. The third-order valence-corrected chi connectivity index (χ3v) is 17.2. The molecule has 0 aromatic carbocycles. The predicted molar refractivity (Wildman–Crippen MR) is 127 cm³/mol. The van der Waals surface area contributed by atoms with Crippen LogP contribution in [0.15, 0.2) is 0 Å². The van der Waals surface area contributed by atoms with E-state index in [9.17, 15) is 0 Å². The topological polar surface area (TPSA) is 0 Å². The third-order valence-electron chi connectivity index (χ3n) is 4.19. The Labute approximate surface area is 175 Å². The van der Waals surface area contributed by atoms with E-state index in [0.29, 0.717) is 0 Å². The summed E-state index contributed by atoms with van der Waals surface area (Å²) in [6.07, 6.45) is 1.44. The van der Waals surface area contributed by atoms with E-state index in [0.717, 1.165) is 30.2 Å². The molecule has 0 atom stereocenters. The Morgan fingerprint density at radius 3 is 0.957 bits per heavy atom. The van der Waals surface area contributed by atoms with Crippen LogP contribution in [-0.2, 0) is 0 Å². The van der Waals surface area contributed by atoms with Gasteiger partial charge in [0.25, 0.3) is 0 Å². The van der Waals surface area contributed by atoms with Crippen LogP contribution in [0, 0.1) is 0 Å². The minimum atomic E-state index is 0.859. The fourth-order valence-corrected chi connectivity index (χ4v) is 14.8. The van der Waals surface area contributed by atoms with E-state index in [-0.39, 0.29) is 0 Å². The van der Waals surface area contributed by atoms with E-state index < -0.39 is 0 Å². The molecule has 132 valence electrons. The molecule has 0 aromatic rings. The average Bonchev–Trinajstić information content (AvgIpc) is 2.35. The van der Waals surface area contributed by atoms with Crippen molar-refractivity contribution in [3.05, 3.63) is 0 Å². The lowest BCUT2D eigenvalue weighted by molar-refractivity contribution is 0.964. The zero-order valence-corrected chi connectivity index (χ0v) is 19.6. The quantitative estimate of drug-likeness (QED) is 0.391. The van der Waals surface area contributed by atoms with Crippen molar-refractivity contribution in [1.82, 2.24) is 0 Å². The SMILES string of the molecule is C1SCC1SC(CC(SC1CSC1)SC1CSC1)SC1CSC1. The molecule has 4 fully saturated rings. The summed E-state index contributed by atoms with van der Waals surface area (Å²) in [7, 11) is 0. The first-order chi connectivity index (χ1) is 11.3. The van der Waals surface area contributed by atoms with Crippen LogP contribution in [0.2, 0.25) is 0 Å². The van der Waals surface area contributed by atoms with Crippen molar-refractivity contribution < 1.29 is 0 Å². The van der Waals surface area contributed by atoms with Gasteiger partial charge in [-0.3, -0.25) is 0 Å². The van der Waals surface area contributed by atoms with Crippen LogP contribution in [0.25, 0.3) is 0 Å². The standard InChI is InChI=1S/C15H24S8/c1(14(20-10-2-16-3-10)21-11-4-17-5-11)15(22-12-6-18-7-12)23-13-8-19-9-13/h10-15H,1-9H2. The fourth-order valence-electron chi connectivity index (χ4n) is 2.47. The van der Waals surface area contributed by atoms with E-state index in [4.69, 9.17) is 0 Å². The van der Waals surface area contributed by atoms with Gasteiger partial charge < -0.3 is 0 Å². The van der Waals surface area contributed by atoms with Gasteiger partial charge in [0.2, 0.25) is 0 Å². The van der Waals surface area contributed by atoms with Crippen molar-refractivity contribution in [3.63, 3.8) is 0 Å². The fraction of sp³-hybridized carbons (Fsp3) is 1.00. The average molecular weight is 461 g/mol. The Kier molecular flexibility index (Phi) is 8.18. The van der Waals surface area contributed by atoms with Gasteiger partial charge >= 0.3 is 0 Å². The summed E-state index contributed by atoms with van der Waals surface area (Å²) < 4.78 is 1.72. The second kappa shape index (κ2) is 9.83. The molecule has 0 radical (unpaired) electrons. The van der Waals surface area contributed by atoms with E-state index in [1.54, 1.807) is 0 Å². The van der Waals surface area contributed by atoms with Crippen molar-refractivity contribution in [2.75, 3.05) is 46.0 Å². The van der Waals surface area contributed by atoms with Crippen LogP contribution in [0.5, 0.6) is 0 Å². The summed E-state index contributed by atoms with van der Waals surface area (Å²) in [6, 6.07) is 0. The summed E-state index contributed by atoms with van der Waals surface area (Å²) in [5, 5.41) is 3.83. The van der Waals surface area contributed by atoms with Crippen LogP contribution < -0.4 is 0 Å². The molecule has 0 spiro atoms. The summed E-state index contributed by atoms with van der Waals surface area (Å²) in [5.74, 6) is 11.3. The van der Waals surface area contributed by atoms with Crippen molar-refractivity contribution >= 4 is 94.1 Å². The van der Waals surface area contributed by atoms with Gasteiger partial charge in [0.15, 0.2) is 0 Å². The maximum Gasteiger partial charge on any atom is 0.0527 e. The van der Waals surface area contributed by atoms with Gasteiger partial charge in [-0.25, -0.2) is 0 Å². The number of thioether (sulfide) groups is 8. The molecule has 4 heterocycles. The van der Waals surface area contributed by atoms with E-state index >= 15 is 0 Å². The molecule has 4 rings (SSSR count). The molecule has 0 amide bonds. The molecule has 0 aliphatic carbocycles. The summed E-state index contributed by atoms with van der Waals surface area (Å²) in [5.41, 5.74) is 0. The molecular formula is C15H24S8. The Balaban J connectivity index is 1.30. The molecule has 0 N–H and O–H groups in total. The Hall–Kier alpha value is 2.80. The van der Waals surface area contributed by atoms with Gasteiger partial charge in [0.05, 0.1) is 9.16 Å². The molecule has 0 unspecified atom stereocenters. The summed E-state index contributed by atoms with van der Waals surface area (Å²) >= 11 is 17.9. The van der Waals surface area contributed by atoms with Gasteiger partial charge in [0.1, 0.15) is 0 Å². The van der Waals surface area contributed by atoms with Crippen molar-refractivity contribution in [2.24, 2.45) is 0 Å². The molecule has 4 aliphatic rings. The summed E-state index contributed by atoms with van der Waals surface area (Å²) in [6.45, 7) is 0. The van der Waals surface area contributed by atoms with Crippen LogP contribution in [0.3, 0.4) is 0 Å². The van der Waals surface area contributed by atoms with Crippen LogP contribution >= 0.6 is 94.1 Å². The first-order valence-corrected chi connectivity index (χ1v) is 16.7. The van der Waals surface area contributed by atoms with E-state index in [2.05, 4.69) is 94.1 Å². The first kappa shape index (κ1) is 19.1. The second-order valence-electron chi connectivity index (χ2n) is 6.28. The first-order valence-electron chi connectivity index (χ1n) is 8.28. The highest BCUT2D eigenvalue weighted by Crippen LogP contribution is 2.48. The molecule has 0 aromatic heterocycles. The van der Waals surface area contributed by atoms with Crippen LogP contribution in [0.4, 0.5) is 0 Å². The zero-order chi connectivity index (χ0) is 15.5. The van der Waals surface area contributed by atoms with Crippen LogP contribution in [-0.4, -0.2) is 76.2 Å². The van der Waals surface area contributed by atoms with Gasteiger partial charge in [-0.2, -0.15) is 47.0 Å². The predicted octanol–water partition coefficient (Wildman–Crippen LogP) is 5.42. The summed E-state index contributed by atoms with van der Waals surface area (Å²) in [4.78, 5) is 0. The highest BCUT2D eigenvalue weighted by molar-refractivity contribution is 8.21.